The van der Waals surface area contributed by atoms with E-state index < -0.39 is 0 Å². The van der Waals surface area contributed by atoms with Crippen LogP contribution >= 0.6 is 0 Å². The van der Waals surface area contributed by atoms with E-state index in [0.717, 1.165) is 13.1 Å². The Labute approximate surface area is 66.6 Å². The second-order valence-electron chi connectivity index (χ2n) is 2.20. The lowest BCUT2D eigenvalue weighted by Gasteiger charge is -2.26. The summed E-state index contributed by atoms with van der Waals surface area (Å²) < 4.78 is 1.89. The highest BCUT2D eigenvalue weighted by Gasteiger charge is 2.18. The van der Waals surface area contributed by atoms with Crippen LogP contribution < -0.4 is 5.32 Å². The molecule has 1 fully saturated rings. The van der Waals surface area contributed by atoms with E-state index >= 15 is 0 Å². The largest absolute Gasteiger partial charge is 0.312 e. The molecule has 0 atom stereocenters. The Morgan fingerprint density at radius 2 is 2.18 bits per heavy atom. The first-order chi connectivity index (χ1) is 5.47. The van der Waals surface area contributed by atoms with E-state index in [0.29, 0.717) is 6.04 Å². The summed E-state index contributed by atoms with van der Waals surface area (Å²) in [5, 5.41) is 10.7. The van der Waals surface area contributed by atoms with Crippen molar-refractivity contribution in [3.05, 3.63) is 12.4 Å². The molecule has 1 N–H and O–H groups in total. The minimum Gasteiger partial charge on any atom is -0.312 e. The van der Waals surface area contributed by atoms with Crippen LogP contribution in [-0.4, -0.2) is 28.1 Å². The predicted molar refractivity (Wildman–Crippen MR) is 43.3 cm³/mol. The average molecular weight is 154 g/mol. The lowest BCUT2D eigenvalue weighted by Crippen LogP contribution is -2.43. The number of hydrogen-bond donors (Lipinski definition) is 1. The molecule has 1 aliphatic heterocycles. The molecule has 2 rings (SSSR count). The summed E-state index contributed by atoms with van der Waals surface area (Å²) >= 11 is 0. The highest BCUT2D eigenvalue weighted by molar-refractivity contribution is 4.81. The zero-order valence-corrected chi connectivity index (χ0v) is 6.99. The minimum atomic E-state index is 0.549. The quantitative estimate of drug-likeness (QED) is 0.638. The van der Waals surface area contributed by atoms with Gasteiger partial charge in [-0.05, 0) is 0 Å². The summed E-state index contributed by atoms with van der Waals surface area (Å²) in [5.74, 6) is 0. The van der Waals surface area contributed by atoms with Crippen LogP contribution in [0, 0.1) is 0 Å². The molecule has 0 unspecified atom stereocenters. The predicted octanol–water partition coefficient (Wildman–Crippen LogP) is 0.449. The minimum absolute atomic E-state index is 0.549. The number of aromatic nitrogens is 3. The summed E-state index contributed by atoms with van der Waals surface area (Å²) in [5.41, 5.74) is 0. The monoisotopic (exact) mass is 154 g/mol. The summed E-state index contributed by atoms with van der Waals surface area (Å²) in [4.78, 5) is 0. The van der Waals surface area contributed by atoms with Gasteiger partial charge in [0.15, 0.2) is 0 Å². The van der Waals surface area contributed by atoms with Crippen LogP contribution in [-0.2, 0) is 0 Å². The summed E-state index contributed by atoms with van der Waals surface area (Å²) in [6.07, 6.45) is 3.60. The van der Waals surface area contributed by atoms with Gasteiger partial charge in [0, 0.05) is 19.3 Å². The topological polar surface area (TPSA) is 42.7 Å². The van der Waals surface area contributed by atoms with Crippen molar-refractivity contribution in [3.63, 3.8) is 0 Å². The molecular weight excluding hydrogens is 140 g/mol. The van der Waals surface area contributed by atoms with E-state index in [9.17, 15) is 0 Å². The molecule has 11 heavy (non-hydrogen) atoms. The van der Waals surface area contributed by atoms with Crippen LogP contribution in [0.3, 0.4) is 0 Å². The Morgan fingerprint density at radius 1 is 1.45 bits per heavy atom. The molecule has 1 saturated heterocycles. The van der Waals surface area contributed by atoms with Gasteiger partial charge in [0.2, 0.25) is 0 Å². The van der Waals surface area contributed by atoms with Crippen LogP contribution in [0.5, 0.6) is 0 Å². The Bertz CT molecular complexity index is 178. The molecule has 0 spiro atoms. The van der Waals surface area contributed by atoms with Crippen molar-refractivity contribution in [1.82, 2.24) is 20.3 Å². The Hall–Kier alpha value is -0.900. The number of hydrogen-bond acceptors (Lipinski definition) is 3. The standard InChI is InChI=1S/C5H8N4.C2H6/c1-2-9(8-7-1)5-3-6-4-5;1-2/h1-2,5-6H,3-4H2;1-2H3. The highest BCUT2D eigenvalue weighted by atomic mass is 15.4. The van der Waals surface area contributed by atoms with E-state index in [1.54, 1.807) is 6.20 Å². The molecule has 1 aliphatic rings. The van der Waals surface area contributed by atoms with Crippen LogP contribution in [0.1, 0.15) is 19.9 Å². The van der Waals surface area contributed by atoms with Crippen LogP contribution in [0.2, 0.25) is 0 Å². The first-order valence-corrected chi connectivity index (χ1v) is 4.03. The molecule has 4 nitrogen and oxygen atoms in total. The maximum Gasteiger partial charge on any atom is 0.0785 e. The molecule has 0 amide bonds. The average Bonchev–Trinajstić information content (AvgIpc) is 2.41. The molecule has 0 saturated carbocycles. The number of nitrogens with zero attached hydrogens (tertiary/aromatic N) is 3. The third-order valence-corrected chi connectivity index (χ3v) is 1.58. The summed E-state index contributed by atoms with van der Waals surface area (Å²) in [6, 6.07) is 0.549. The fourth-order valence-electron chi connectivity index (χ4n) is 0.873. The maximum absolute atomic E-state index is 3.86. The van der Waals surface area contributed by atoms with Gasteiger partial charge in [0.25, 0.3) is 0 Å². The SMILES string of the molecule is CC.c1cn(C2CNC2)nn1. The maximum atomic E-state index is 3.86. The lowest BCUT2D eigenvalue weighted by atomic mass is 10.2. The summed E-state index contributed by atoms with van der Waals surface area (Å²) in [6.45, 7) is 6.06. The molecule has 4 heteroatoms. The first-order valence-electron chi connectivity index (χ1n) is 4.03. The zero-order chi connectivity index (χ0) is 8.10. The van der Waals surface area contributed by atoms with Gasteiger partial charge < -0.3 is 5.32 Å². The van der Waals surface area contributed by atoms with Gasteiger partial charge in [-0.1, -0.05) is 19.1 Å². The molecule has 0 bridgehead atoms. The molecule has 0 radical (unpaired) electrons. The molecule has 0 aromatic carbocycles. The fourth-order valence-corrected chi connectivity index (χ4v) is 0.873. The fraction of sp³-hybridized carbons (Fsp3) is 0.714. The van der Waals surface area contributed by atoms with Crippen LogP contribution in [0.15, 0.2) is 12.4 Å². The van der Waals surface area contributed by atoms with Gasteiger partial charge in [-0.15, -0.1) is 5.10 Å². The lowest BCUT2D eigenvalue weighted by molar-refractivity contribution is 0.313. The smallest absolute Gasteiger partial charge is 0.0785 e. The third-order valence-electron chi connectivity index (χ3n) is 1.58. The second-order valence-corrected chi connectivity index (χ2v) is 2.20. The van der Waals surface area contributed by atoms with E-state index in [1.165, 1.54) is 0 Å². The van der Waals surface area contributed by atoms with E-state index in [2.05, 4.69) is 15.6 Å². The molecule has 1 aromatic heterocycles. The van der Waals surface area contributed by atoms with Gasteiger partial charge in [-0.25, -0.2) is 4.68 Å². The van der Waals surface area contributed by atoms with E-state index in [-0.39, 0.29) is 0 Å². The zero-order valence-electron chi connectivity index (χ0n) is 6.99. The van der Waals surface area contributed by atoms with Crippen molar-refractivity contribution >= 4 is 0 Å². The van der Waals surface area contributed by atoms with E-state index in [4.69, 9.17) is 0 Å². The Balaban J connectivity index is 0.000000281. The second kappa shape index (κ2) is 4.08. The van der Waals surface area contributed by atoms with Gasteiger partial charge in [-0.3, -0.25) is 0 Å². The molecule has 2 heterocycles. The van der Waals surface area contributed by atoms with Gasteiger partial charge in [0.05, 0.1) is 12.2 Å². The number of rotatable bonds is 1. The Kier molecular flexibility index (Phi) is 3.04. The van der Waals surface area contributed by atoms with Crippen molar-refractivity contribution in [3.8, 4) is 0 Å². The first kappa shape index (κ1) is 8.20. The molecule has 1 aromatic rings. The van der Waals surface area contributed by atoms with Crippen molar-refractivity contribution < 1.29 is 0 Å². The molecular formula is C7H14N4. The van der Waals surface area contributed by atoms with Gasteiger partial charge >= 0.3 is 0 Å². The van der Waals surface area contributed by atoms with Crippen LogP contribution in [0.4, 0.5) is 0 Å². The Morgan fingerprint density at radius 3 is 2.55 bits per heavy atom. The summed E-state index contributed by atoms with van der Waals surface area (Å²) in [7, 11) is 0. The highest BCUT2D eigenvalue weighted by Crippen LogP contribution is 2.07. The molecule has 62 valence electrons. The van der Waals surface area contributed by atoms with Crippen molar-refractivity contribution in [2.45, 2.75) is 19.9 Å². The van der Waals surface area contributed by atoms with E-state index in [1.807, 2.05) is 24.7 Å². The third kappa shape index (κ3) is 1.77. The number of nitrogens with one attached hydrogen (secondary N) is 1. The van der Waals surface area contributed by atoms with Crippen molar-refractivity contribution in [2.24, 2.45) is 0 Å². The van der Waals surface area contributed by atoms with Gasteiger partial charge in [0.1, 0.15) is 0 Å². The normalized spacial score (nSPS) is 16.5. The van der Waals surface area contributed by atoms with Crippen molar-refractivity contribution in [2.75, 3.05) is 13.1 Å². The van der Waals surface area contributed by atoms with Gasteiger partial charge in [-0.2, -0.15) is 0 Å². The van der Waals surface area contributed by atoms with Crippen LogP contribution in [0.25, 0.3) is 0 Å². The molecule has 0 aliphatic carbocycles. The van der Waals surface area contributed by atoms with Crippen molar-refractivity contribution in [1.29, 1.82) is 0 Å².